The van der Waals surface area contributed by atoms with E-state index in [1.165, 1.54) is 0 Å². The van der Waals surface area contributed by atoms with Crippen LogP contribution >= 0.6 is 0 Å². The second-order valence-corrected chi connectivity index (χ2v) is 9.13. The van der Waals surface area contributed by atoms with Crippen molar-refractivity contribution < 1.29 is 14.3 Å². The first-order valence-corrected chi connectivity index (χ1v) is 12.8. The number of aromatic nitrogens is 1. The van der Waals surface area contributed by atoms with Gasteiger partial charge in [0.25, 0.3) is 5.91 Å². The zero-order valence-corrected chi connectivity index (χ0v) is 21.7. The molecule has 0 saturated carbocycles. The fraction of sp³-hybridized carbons (Fsp3) is 0.258. The molecule has 0 N–H and O–H groups in total. The van der Waals surface area contributed by atoms with Crippen molar-refractivity contribution in [2.45, 2.75) is 13.8 Å². The van der Waals surface area contributed by atoms with Crippen molar-refractivity contribution in [1.82, 2.24) is 9.47 Å². The quantitative estimate of drug-likeness (QED) is 0.324. The van der Waals surface area contributed by atoms with Gasteiger partial charge < -0.3 is 23.8 Å². The maximum Gasteiger partial charge on any atom is 0.255 e. The third-order valence-electron chi connectivity index (χ3n) is 6.96. The lowest BCUT2D eigenvalue weighted by molar-refractivity contribution is 0.0746. The average molecular weight is 496 g/mol. The number of piperazine rings is 1. The molecule has 1 aromatic heterocycles. The summed E-state index contributed by atoms with van der Waals surface area (Å²) in [6, 6.07) is 28.4. The normalized spacial score (nSPS) is 13.5. The number of amides is 1. The molecular weight excluding hydrogens is 462 g/mol. The highest BCUT2D eigenvalue weighted by atomic mass is 16.5. The van der Waals surface area contributed by atoms with Crippen LogP contribution in [0.25, 0.3) is 16.9 Å². The van der Waals surface area contributed by atoms with Gasteiger partial charge in [0.1, 0.15) is 11.5 Å². The molecule has 1 saturated heterocycles. The lowest BCUT2D eigenvalue weighted by Crippen LogP contribution is -2.48. The maximum atomic E-state index is 13.8. The third-order valence-corrected chi connectivity index (χ3v) is 6.96. The minimum Gasteiger partial charge on any atom is -0.497 e. The largest absolute Gasteiger partial charge is 0.497 e. The fourth-order valence-corrected chi connectivity index (χ4v) is 4.97. The molecule has 1 fully saturated rings. The second kappa shape index (κ2) is 10.8. The first kappa shape index (κ1) is 24.5. The van der Waals surface area contributed by atoms with E-state index in [-0.39, 0.29) is 5.91 Å². The van der Waals surface area contributed by atoms with Gasteiger partial charge in [0, 0.05) is 43.2 Å². The van der Waals surface area contributed by atoms with Crippen LogP contribution < -0.4 is 14.4 Å². The van der Waals surface area contributed by atoms with Crippen molar-refractivity contribution in [3.8, 4) is 28.4 Å². The molecule has 37 heavy (non-hydrogen) atoms. The molecule has 6 nitrogen and oxygen atoms in total. The molecule has 0 radical (unpaired) electrons. The Bertz CT molecular complexity index is 1340. The second-order valence-electron chi connectivity index (χ2n) is 9.13. The van der Waals surface area contributed by atoms with E-state index in [4.69, 9.17) is 9.47 Å². The number of nitrogens with zero attached hydrogens (tertiary/aromatic N) is 3. The lowest BCUT2D eigenvalue weighted by Gasteiger charge is -2.36. The van der Waals surface area contributed by atoms with Crippen molar-refractivity contribution in [2.75, 3.05) is 44.8 Å². The number of rotatable bonds is 7. The van der Waals surface area contributed by atoms with Gasteiger partial charge in [0.05, 0.1) is 25.0 Å². The number of carbonyl (C=O) groups excluding carboxylic acids is 1. The minimum atomic E-state index is 0.0775. The van der Waals surface area contributed by atoms with Crippen molar-refractivity contribution >= 4 is 11.6 Å². The van der Waals surface area contributed by atoms with Gasteiger partial charge in [0.2, 0.25) is 0 Å². The van der Waals surface area contributed by atoms with Crippen LogP contribution in [0.2, 0.25) is 0 Å². The average Bonchev–Trinajstić information content (AvgIpc) is 3.30. The topological polar surface area (TPSA) is 46.9 Å². The molecule has 3 aromatic carbocycles. The number of hydrogen-bond donors (Lipinski definition) is 0. The Kier molecular flexibility index (Phi) is 7.17. The predicted octanol–water partition coefficient (Wildman–Crippen LogP) is 5.82. The van der Waals surface area contributed by atoms with Crippen LogP contribution in [-0.4, -0.2) is 55.3 Å². The molecule has 0 unspecified atom stereocenters. The maximum absolute atomic E-state index is 13.8. The van der Waals surface area contributed by atoms with Crippen LogP contribution in [0, 0.1) is 6.92 Å². The lowest BCUT2D eigenvalue weighted by atomic mass is 10.1. The predicted molar refractivity (Wildman–Crippen MR) is 148 cm³/mol. The Morgan fingerprint density at radius 1 is 0.811 bits per heavy atom. The van der Waals surface area contributed by atoms with Crippen LogP contribution in [0.1, 0.15) is 23.0 Å². The van der Waals surface area contributed by atoms with Crippen molar-refractivity contribution in [3.05, 3.63) is 96.2 Å². The summed E-state index contributed by atoms with van der Waals surface area (Å²) >= 11 is 0. The molecule has 6 heteroatoms. The Labute approximate surface area is 218 Å². The van der Waals surface area contributed by atoms with Crippen molar-refractivity contribution in [3.63, 3.8) is 0 Å². The molecule has 2 heterocycles. The smallest absolute Gasteiger partial charge is 0.255 e. The summed E-state index contributed by atoms with van der Waals surface area (Å²) in [5.41, 5.74) is 5.90. The molecular formula is C31H33N3O3. The highest BCUT2D eigenvalue weighted by Gasteiger charge is 2.26. The van der Waals surface area contributed by atoms with E-state index >= 15 is 0 Å². The first-order chi connectivity index (χ1) is 18.1. The van der Waals surface area contributed by atoms with Gasteiger partial charge in [-0.25, -0.2) is 0 Å². The summed E-state index contributed by atoms with van der Waals surface area (Å²) in [5, 5.41) is 0. The summed E-state index contributed by atoms with van der Waals surface area (Å²) in [7, 11) is 1.67. The van der Waals surface area contributed by atoms with Gasteiger partial charge in [-0.3, -0.25) is 4.79 Å². The molecule has 190 valence electrons. The molecule has 1 amide bonds. The zero-order chi connectivity index (χ0) is 25.8. The summed E-state index contributed by atoms with van der Waals surface area (Å²) < 4.78 is 13.1. The van der Waals surface area contributed by atoms with Crippen LogP contribution in [0.3, 0.4) is 0 Å². The number of anilines is 1. The Balaban J connectivity index is 1.41. The molecule has 0 spiro atoms. The van der Waals surface area contributed by atoms with E-state index in [9.17, 15) is 4.79 Å². The molecule has 0 aliphatic carbocycles. The van der Waals surface area contributed by atoms with Gasteiger partial charge in [0.15, 0.2) is 0 Å². The van der Waals surface area contributed by atoms with Crippen LogP contribution in [0.4, 0.5) is 5.69 Å². The summed E-state index contributed by atoms with van der Waals surface area (Å²) in [5.74, 6) is 1.76. The molecule has 4 aromatic rings. The number of benzene rings is 3. The number of carbonyl (C=O) groups is 1. The highest BCUT2D eigenvalue weighted by molar-refractivity contribution is 5.97. The highest BCUT2D eigenvalue weighted by Crippen LogP contribution is 2.31. The van der Waals surface area contributed by atoms with Crippen LogP contribution in [0.5, 0.6) is 11.5 Å². The Morgan fingerprint density at radius 3 is 2.05 bits per heavy atom. The fourth-order valence-electron chi connectivity index (χ4n) is 4.97. The number of ether oxygens (including phenoxy) is 2. The number of methoxy groups -OCH3 is 1. The Hall–Kier alpha value is -4.19. The van der Waals surface area contributed by atoms with Gasteiger partial charge in [-0.05, 0) is 74.0 Å². The van der Waals surface area contributed by atoms with E-state index < -0.39 is 0 Å². The molecule has 1 aliphatic heterocycles. The van der Waals surface area contributed by atoms with E-state index in [0.717, 1.165) is 58.5 Å². The number of hydrogen-bond acceptors (Lipinski definition) is 4. The summed E-state index contributed by atoms with van der Waals surface area (Å²) in [6.07, 6.45) is 0. The third kappa shape index (κ3) is 5.05. The van der Waals surface area contributed by atoms with Crippen molar-refractivity contribution in [1.29, 1.82) is 0 Å². The van der Waals surface area contributed by atoms with E-state index in [0.29, 0.717) is 19.7 Å². The molecule has 0 bridgehead atoms. The van der Waals surface area contributed by atoms with Gasteiger partial charge >= 0.3 is 0 Å². The standard InChI is InChI=1S/C31H33N3O3/c1-4-37-28-16-12-26(13-17-28)34-23(2)29(22-30(34)24-8-6-5-7-9-24)31(35)33-20-18-32(19-21-33)25-10-14-27(36-3)15-11-25/h5-17,22H,4,18-21H2,1-3H3. The van der Waals surface area contributed by atoms with Gasteiger partial charge in [-0.15, -0.1) is 0 Å². The summed E-state index contributed by atoms with van der Waals surface area (Å²) in [4.78, 5) is 18.1. The SMILES string of the molecule is CCOc1ccc(-n2c(-c3ccccc3)cc(C(=O)N3CCN(c4ccc(OC)cc4)CC3)c2C)cc1. The van der Waals surface area contributed by atoms with Crippen LogP contribution in [0.15, 0.2) is 84.9 Å². The van der Waals surface area contributed by atoms with Gasteiger partial charge in [-0.2, -0.15) is 0 Å². The van der Waals surface area contributed by atoms with E-state index in [1.54, 1.807) is 7.11 Å². The Morgan fingerprint density at radius 2 is 1.43 bits per heavy atom. The molecule has 0 atom stereocenters. The van der Waals surface area contributed by atoms with Crippen molar-refractivity contribution in [2.24, 2.45) is 0 Å². The zero-order valence-electron chi connectivity index (χ0n) is 21.7. The molecule has 1 aliphatic rings. The first-order valence-electron chi connectivity index (χ1n) is 12.8. The monoisotopic (exact) mass is 495 g/mol. The molecule has 5 rings (SSSR count). The van der Waals surface area contributed by atoms with Gasteiger partial charge in [-0.1, -0.05) is 30.3 Å². The summed E-state index contributed by atoms with van der Waals surface area (Å²) in [6.45, 7) is 7.58. The van der Waals surface area contributed by atoms with E-state index in [1.807, 2.05) is 79.4 Å². The minimum absolute atomic E-state index is 0.0775. The van der Waals surface area contributed by atoms with E-state index in [2.05, 4.69) is 33.7 Å². The van der Waals surface area contributed by atoms with Crippen LogP contribution in [-0.2, 0) is 0 Å².